The van der Waals surface area contributed by atoms with Crippen molar-refractivity contribution in [1.82, 2.24) is 15.0 Å². The molecule has 1 heterocycles. The fourth-order valence-electron chi connectivity index (χ4n) is 2.45. The minimum absolute atomic E-state index is 0.0147. The van der Waals surface area contributed by atoms with E-state index in [0.29, 0.717) is 43.6 Å². The van der Waals surface area contributed by atoms with Gasteiger partial charge in [-0.25, -0.2) is 0 Å². The summed E-state index contributed by atoms with van der Waals surface area (Å²) < 4.78 is 5.27. The predicted octanol–water partition coefficient (Wildman–Crippen LogP) is 3.99. The van der Waals surface area contributed by atoms with Crippen LogP contribution in [0.2, 0.25) is 0 Å². The fourth-order valence-corrected chi connectivity index (χ4v) is 2.45. The number of amides is 1. The van der Waals surface area contributed by atoms with E-state index in [2.05, 4.69) is 49.3 Å². The van der Waals surface area contributed by atoms with Crippen LogP contribution < -0.4 is 0 Å². The van der Waals surface area contributed by atoms with Gasteiger partial charge in [-0.05, 0) is 11.5 Å². The lowest BCUT2D eigenvalue weighted by molar-refractivity contribution is -0.130. The molecule has 0 atom stereocenters. The van der Waals surface area contributed by atoms with Crippen molar-refractivity contribution in [2.24, 2.45) is 0 Å². The third-order valence-electron chi connectivity index (χ3n) is 3.91. The van der Waals surface area contributed by atoms with Crippen LogP contribution in [0.1, 0.15) is 37.6 Å². The normalized spacial score (nSPS) is 10.7. The van der Waals surface area contributed by atoms with Gasteiger partial charge in [0.2, 0.25) is 17.6 Å². The summed E-state index contributed by atoms with van der Waals surface area (Å²) in [4.78, 5) is 18.3. The largest absolute Gasteiger partial charge is 0.339 e. The van der Waals surface area contributed by atoms with Gasteiger partial charge >= 0.3 is 0 Å². The molecule has 5 heteroatoms. The molecular weight excluding hydrogens is 314 g/mol. The van der Waals surface area contributed by atoms with E-state index in [1.807, 2.05) is 12.1 Å². The molecule has 0 N–H and O–H groups in total. The van der Waals surface area contributed by atoms with Crippen LogP contribution in [0.5, 0.6) is 0 Å². The zero-order chi connectivity index (χ0) is 18.2. The van der Waals surface area contributed by atoms with Crippen LogP contribution in [0.3, 0.4) is 0 Å². The van der Waals surface area contributed by atoms with Gasteiger partial charge in [0.15, 0.2) is 0 Å². The highest BCUT2D eigenvalue weighted by Gasteiger charge is 2.14. The Balaban J connectivity index is 1.97. The van der Waals surface area contributed by atoms with Crippen LogP contribution in [0.25, 0.3) is 11.4 Å². The number of carbonyl (C=O) groups is 1. The van der Waals surface area contributed by atoms with Gasteiger partial charge in [0.05, 0.1) is 0 Å². The lowest BCUT2D eigenvalue weighted by atomic mass is 10.0. The van der Waals surface area contributed by atoms with Crippen molar-refractivity contribution in [2.75, 3.05) is 13.1 Å². The molecule has 0 saturated heterocycles. The molecule has 0 saturated carbocycles. The van der Waals surface area contributed by atoms with Crippen molar-refractivity contribution in [1.29, 1.82) is 0 Å². The fraction of sp³-hybridized carbons (Fsp3) is 0.350. The van der Waals surface area contributed by atoms with Gasteiger partial charge < -0.3 is 9.42 Å². The molecule has 25 heavy (non-hydrogen) atoms. The first-order valence-electron chi connectivity index (χ1n) is 8.47. The molecule has 0 radical (unpaired) electrons. The Kier molecular flexibility index (Phi) is 6.69. The monoisotopic (exact) mass is 339 g/mol. The molecule has 0 fully saturated rings. The lowest BCUT2D eigenvalue weighted by Crippen LogP contribution is -2.31. The summed E-state index contributed by atoms with van der Waals surface area (Å²) in [6.45, 7) is 12.6. The highest BCUT2D eigenvalue weighted by Crippen LogP contribution is 2.20. The van der Waals surface area contributed by atoms with Crippen molar-refractivity contribution in [3.05, 3.63) is 61.0 Å². The third kappa shape index (κ3) is 5.14. The standard InChI is InChI=1S/C20H25N3O2/c1-5-13-23(14-6-2)19(24)12-11-18-21-20(22-25-18)17-9-7-16(8-10-17)15(3)4/h5-10,15H,1-2,11-14H2,3-4H3. The zero-order valence-electron chi connectivity index (χ0n) is 14.9. The smallest absolute Gasteiger partial charge is 0.227 e. The Bertz CT molecular complexity index is 707. The topological polar surface area (TPSA) is 59.2 Å². The molecule has 2 aromatic rings. The Morgan fingerprint density at radius 1 is 1.20 bits per heavy atom. The lowest BCUT2D eigenvalue weighted by Gasteiger charge is -2.18. The maximum atomic E-state index is 12.2. The molecule has 132 valence electrons. The first kappa shape index (κ1) is 18.6. The van der Waals surface area contributed by atoms with Crippen molar-refractivity contribution in [2.45, 2.75) is 32.6 Å². The van der Waals surface area contributed by atoms with E-state index < -0.39 is 0 Å². The van der Waals surface area contributed by atoms with Gasteiger partial charge in [0.25, 0.3) is 0 Å². The number of aromatic nitrogens is 2. The summed E-state index contributed by atoms with van der Waals surface area (Å²) in [6, 6.07) is 8.13. The van der Waals surface area contributed by atoms with E-state index in [1.165, 1.54) is 5.56 Å². The molecule has 0 bridgehead atoms. The second kappa shape index (κ2) is 8.97. The molecule has 5 nitrogen and oxygen atoms in total. The molecule has 1 aromatic heterocycles. The maximum absolute atomic E-state index is 12.2. The van der Waals surface area contributed by atoms with Gasteiger partial charge in [0.1, 0.15) is 0 Å². The number of rotatable bonds is 9. The van der Waals surface area contributed by atoms with Crippen LogP contribution in [-0.2, 0) is 11.2 Å². The molecule has 0 aliphatic rings. The number of aryl methyl sites for hydroxylation is 1. The quantitative estimate of drug-likeness (QED) is 0.648. The van der Waals surface area contributed by atoms with Gasteiger partial charge in [-0.1, -0.05) is 55.4 Å². The molecule has 1 amide bonds. The minimum atomic E-state index is 0.0147. The average Bonchev–Trinajstić information content (AvgIpc) is 3.08. The molecular formula is C20H25N3O2. The van der Waals surface area contributed by atoms with E-state index in [1.54, 1.807) is 17.1 Å². The van der Waals surface area contributed by atoms with E-state index in [4.69, 9.17) is 4.52 Å². The van der Waals surface area contributed by atoms with Gasteiger partial charge in [0, 0.05) is 31.5 Å². The molecule has 0 aliphatic heterocycles. The number of hydrogen-bond acceptors (Lipinski definition) is 4. The van der Waals surface area contributed by atoms with Crippen LogP contribution in [0.4, 0.5) is 0 Å². The summed E-state index contributed by atoms with van der Waals surface area (Å²) in [5.74, 6) is 1.51. The van der Waals surface area contributed by atoms with Crippen molar-refractivity contribution >= 4 is 5.91 Å². The van der Waals surface area contributed by atoms with Crippen molar-refractivity contribution in [3.63, 3.8) is 0 Å². The maximum Gasteiger partial charge on any atom is 0.227 e. The van der Waals surface area contributed by atoms with E-state index >= 15 is 0 Å². The third-order valence-corrected chi connectivity index (χ3v) is 3.91. The number of benzene rings is 1. The zero-order valence-corrected chi connectivity index (χ0v) is 14.9. The summed E-state index contributed by atoms with van der Waals surface area (Å²) in [7, 11) is 0. The summed E-state index contributed by atoms with van der Waals surface area (Å²) >= 11 is 0. The molecule has 1 aromatic carbocycles. The Labute approximate surface area is 149 Å². The SMILES string of the molecule is C=CCN(CC=C)C(=O)CCc1nc(-c2ccc(C(C)C)cc2)no1. The summed E-state index contributed by atoms with van der Waals surface area (Å²) in [5.41, 5.74) is 2.17. The van der Waals surface area contributed by atoms with Crippen LogP contribution in [-0.4, -0.2) is 34.0 Å². The Morgan fingerprint density at radius 2 is 1.84 bits per heavy atom. The minimum Gasteiger partial charge on any atom is -0.339 e. The van der Waals surface area contributed by atoms with Crippen LogP contribution in [0, 0.1) is 0 Å². The van der Waals surface area contributed by atoms with Gasteiger partial charge in [-0.2, -0.15) is 4.98 Å². The highest BCUT2D eigenvalue weighted by atomic mass is 16.5. The Morgan fingerprint density at radius 3 is 2.40 bits per heavy atom. The summed E-state index contributed by atoms with van der Waals surface area (Å²) in [6.07, 6.45) is 4.14. The number of nitrogens with zero attached hydrogens (tertiary/aromatic N) is 3. The van der Waals surface area contributed by atoms with Crippen molar-refractivity contribution in [3.8, 4) is 11.4 Å². The van der Waals surface area contributed by atoms with Gasteiger partial charge in [-0.3, -0.25) is 4.79 Å². The van der Waals surface area contributed by atoms with E-state index in [9.17, 15) is 4.79 Å². The first-order valence-corrected chi connectivity index (χ1v) is 8.47. The second-order valence-electron chi connectivity index (χ2n) is 6.16. The van der Waals surface area contributed by atoms with Crippen LogP contribution in [0.15, 0.2) is 54.1 Å². The predicted molar refractivity (Wildman–Crippen MR) is 99.1 cm³/mol. The van der Waals surface area contributed by atoms with Crippen molar-refractivity contribution < 1.29 is 9.32 Å². The second-order valence-corrected chi connectivity index (χ2v) is 6.16. The van der Waals surface area contributed by atoms with E-state index in [0.717, 1.165) is 5.56 Å². The highest BCUT2D eigenvalue weighted by molar-refractivity contribution is 5.76. The first-order chi connectivity index (χ1) is 12.0. The summed E-state index contributed by atoms with van der Waals surface area (Å²) in [5, 5.41) is 4.01. The number of carbonyl (C=O) groups excluding carboxylic acids is 1. The van der Waals surface area contributed by atoms with E-state index in [-0.39, 0.29) is 5.91 Å². The molecule has 0 unspecified atom stereocenters. The average molecular weight is 339 g/mol. The molecule has 2 rings (SSSR count). The Hall–Kier alpha value is -2.69. The van der Waals surface area contributed by atoms with Crippen LogP contribution >= 0.6 is 0 Å². The van der Waals surface area contributed by atoms with Gasteiger partial charge in [-0.15, -0.1) is 13.2 Å². The molecule has 0 spiro atoms. The number of hydrogen-bond donors (Lipinski definition) is 0. The molecule has 0 aliphatic carbocycles.